The Bertz CT molecular complexity index is 980. The molecule has 0 fully saturated rings. The molecule has 0 saturated heterocycles. The Labute approximate surface area is 334 Å². The van der Waals surface area contributed by atoms with Crippen molar-refractivity contribution >= 4 is 13.7 Å². The van der Waals surface area contributed by atoms with Gasteiger partial charge >= 0.3 is 7.82 Å². The van der Waals surface area contributed by atoms with Gasteiger partial charge in [-0.1, -0.05) is 179 Å². The molecule has 1 amide bonds. The normalized spacial score (nSPS) is 14.7. The minimum absolute atomic E-state index is 0.0538. The second kappa shape index (κ2) is 37.3. The van der Waals surface area contributed by atoms with Crippen molar-refractivity contribution in [3.05, 3.63) is 36.5 Å². The van der Waals surface area contributed by atoms with Gasteiger partial charge in [-0.25, -0.2) is 4.57 Å². The van der Waals surface area contributed by atoms with Crippen LogP contribution in [0.4, 0.5) is 0 Å². The summed E-state index contributed by atoms with van der Waals surface area (Å²) in [6.45, 7) is 4.71. The first-order valence-electron chi connectivity index (χ1n) is 22.4. The standard InChI is InChI=1S/C45H87N2O6P/c1-6-8-10-12-14-15-16-17-18-19-20-21-22-23-24-25-26-27-28-29-30-31-32-33-34-36-38-44(48)43(46-45(49)39-37-35-13-11-9-7-2)42-53-54(50,51)52-41-40-47(3,4)5/h27-28,31-32,36,38,43-44,48H,6-26,29-30,33-35,37,39-42H2,1-5H3,(H-,46,49,50,51)/p+1/b28-27+,32-31+,38-36+. The van der Waals surface area contributed by atoms with Crippen molar-refractivity contribution in [3.63, 3.8) is 0 Å². The monoisotopic (exact) mass is 784 g/mol. The topological polar surface area (TPSA) is 105 Å². The Morgan fingerprint density at radius 2 is 1.02 bits per heavy atom. The van der Waals surface area contributed by atoms with E-state index in [2.05, 4.69) is 43.5 Å². The fourth-order valence-corrected chi connectivity index (χ4v) is 6.98. The van der Waals surface area contributed by atoms with Crippen LogP contribution in [0, 0.1) is 0 Å². The lowest BCUT2D eigenvalue weighted by Gasteiger charge is -2.25. The Morgan fingerprint density at radius 3 is 1.48 bits per heavy atom. The first-order chi connectivity index (χ1) is 26.0. The van der Waals surface area contributed by atoms with E-state index in [4.69, 9.17) is 9.05 Å². The van der Waals surface area contributed by atoms with Gasteiger partial charge in [0.25, 0.3) is 0 Å². The smallest absolute Gasteiger partial charge is 0.387 e. The molecular formula is C45H88N2O6P+. The van der Waals surface area contributed by atoms with Crippen LogP contribution in [0.5, 0.6) is 0 Å². The Morgan fingerprint density at radius 1 is 0.611 bits per heavy atom. The third kappa shape index (κ3) is 39.0. The van der Waals surface area contributed by atoms with Crippen LogP contribution in [-0.4, -0.2) is 73.4 Å². The van der Waals surface area contributed by atoms with Gasteiger partial charge in [-0.15, -0.1) is 0 Å². The molecule has 0 heterocycles. The number of hydrogen-bond donors (Lipinski definition) is 3. The lowest BCUT2D eigenvalue weighted by atomic mass is 10.0. The van der Waals surface area contributed by atoms with E-state index in [1.807, 2.05) is 27.2 Å². The van der Waals surface area contributed by atoms with E-state index in [1.54, 1.807) is 6.08 Å². The zero-order valence-corrected chi connectivity index (χ0v) is 36.9. The molecule has 0 aliphatic carbocycles. The van der Waals surface area contributed by atoms with Crippen molar-refractivity contribution in [1.29, 1.82) is 0 Å². The number of carbonyl (C=O) groups excluding carboxylic acids is 1. The predicted molar refractivity (Wildman–Crippen MR) is 231 cm³/mol. The van der Waals surface area contributed by atoms with Crippen molar-refractivity contribution in [2.75, 3.05) is 40.9 Å². The summed E-state index contributed by atoms with van der Waals surface area (Å²) in [6, 6.07) is -0.863. The summed E-state index contributed by atoms with van der Waals surface area (Å²) in [4.78, 5) is 22.8. The number of aliphatic hydroxyl groups excluding tert-OH is 1. The minimum atomic E-state index is -4.34. The number of unbranched alkanes of at least 4 members (excludes halogenated alkanes) is 23. The summed E-state index contributed by atoms with van der Waals surface area (Å²) < 4.78 is 23.4. The quantitative estimate of drug-likeness (QED) is 0.0247. The molecule has 8 nitrogen and oxygen atoms in total. The zero-order chi connectivity index (χ0) is 40.0. The number of nitrogens with one attached hydrogen (secondary N) is 1. The van der Waals surface area contributed by atoms with Gasteiger partial charge < -0.3 is 19.8 Å². The number of aliphatic hydroxyl groups is 1. The number of phosphoric acid groups is 1. The number of rotatable bonds is 40. The minimum Gasteiger partial charge on any atom is -0.387 e. The molecule has 0 aromatic heterocycles. The van der Waals surface area contributed by atoms with Gasteiger partial charge in [0.15, 0.2) is 0 Å². The molecular weight excluding hydrogens is 695 g/mol. The predicted octanol–water partition coefficient (Wildman–Crippen LogP) is 12.3. The number of allylic oxidation sites excluding steroid dienone is 5. The first kappa shape index (κ1) is 52.7. The lowest BCUT2D eigenvalue weighted by molar-refractivity contribution is -0.870. The Balaban J connectivity index is 4.21. The second-order valence-electron chi connectivity index (χ2n) is 16.4. The van der Waals surface area contributed by atoms with Crippen molar-refractivity contribution < 1.29 is 32.9 Å². The maximum Gasteiger partial charge on any atom is 0.472 e. The van der Waals surface area contributed by atoms with E-state index in [0.29, 0.717) is 17.4 Å². The largest absolute Gasteiger partial charge is 0.472 e. The molecule has 0 aromatic rings. The van der Waals surface area contributed by atoms with E-state index in [-0.39, 0.29) is 19.1 Å². The third-order valence-electron chi connectivity index (χ3n) is 9.84. The lowest BCUT2D eigenvalue weighted by Crippen LogP contribution is -2.45. The molecule has 3 atom stereocenters. The summed E-state index contributed by atoms with van der Waals surface area (Å²) in [5.41, 5.74) is 0. The first-order valence-corrected chi connectivity index (χ1v) is 23.9. The van der Waals surface area contributed by atoms with Crippen LogP contribution in [0.15, 0.2) is 36.5 Å². The molecule has 54 heavy (non-hydrogen) atoms. The number of amides is 1. The van der Waals surface area contributed by atoms with Crippen LogP contribution in [0.2, 0.25) is 0 Å². The van der Waals surface area contributed by atoms with Gasteiger partial charge in [0.2, 0.25) is 5.91 Å². The average Bonchev–Trinajstić information content (AvgIpc) is 3.12. The number of hydrogen-bond acceptors (Lipinski definition) is 5. The van der Waals surface area contributed by atoms with Crippen LogP contribution in [0.1, 0.15) is 194 Å². The van der Waals surface area contributed by atoms with Crippen LogP contribution >= 0.6 is 7.82 Å². The van der Waals surface area contributed by atoms with Crippen molar-refractivity contribution in [2.45, 2.75) is 206 Å². The van der Waals surface area contributed by atoms with Gasteiger partial charge in [0.05, 0.1) is 39.9 Å². The van der Waals surface area contributed by atoms with E-state index >= 15 is 0 Å². The molecule has 0 aliphatic heterocycles. The third-order valence-corrected chi connectivity index (χ3v) is 10.8. The van der Waals surface area contributed by atoms with Crippen LogP contribution in [-0.2, 0) is 18.4 Å². The molecule has 0 saturated carbocycles. The van der Waals surface area contributed by atoms with E-state index in [9.17, 15) is 19.4 Å². The zero-order valence-electron chi connectivity index (χ0n) is 36.0. The Hall–Kier alpha value is -1.28. The highest BCUT2D eigenvalue weighted by molar-refractivity contribution is 7.47. The summed E-state index contributed by atoms with van der Waals surface area (Å²) in [7, 11) is 1.54. The van der Waals surface area contributed by atoms with Gasteiger partial charge in [-0.2, -0.15) is 0 Å². The van der Waals surface area contributed by atoms with Gasteiger partial charge in [0.1, 0.15) is 13.2 Å². The SMILES string of the molecule is CCCCCCCCCCCCCCCCCC/C=C/CC/C=C/CC/C=C/C(O)C(COP(=O)(O)OCC[N+](C)(C)C)NC(=O)CCCCCCCC. The van der Waals surface area contributed by atoms with Crippen LogP contribution in [0.25, 0.3) is 0 Å². The molecule has 0 spiro atoms. The average molecular weight is 784 g/mol. The van der Waals surface area contributed by atoms with Gasteiger partial charge in [-0.3, -0.25) is 13.8 Å². The number of likely N-dealkylation sites (N-methyl/N-ethyl adjacent to an activating group) is 1. The summed E-state index contributed by atoms with van der Waals surface area (Å²) in [5, 5.41) is 13.7. The molecule has 0 rings (SSSR count). The Kier molecular flexibility index (Phi) is 36.4. The highest BCUT2D eigenvalue weighted by Crippen LogP contribution is 2.43. The van der Waals surface area contributed by atoms with Crippen molar-refractivity contribution in [3.8, 4) is 0 Å². The molecule has 318 valence electrons. The molecule has 0 bridgehead atoms. The molecule has 3 unspecified atom stereocenters. The summed E-state index contributed by atoms with van der Waals surface area (Å²) in [5.74, 6) is -0.202. The van der Waals surface area contributed by atoms with E-state index < -0.39 is 20.0 Å². The van der Waals surface area contributed by atoms with Gasteiger partial charge in [0, 0.05) is 6.42 Å². The fourth-order valence-electron chi connectivity index (χ4n) is 6.25. The van der Waals surface area contributed by atoms with Crippen molar-refractivity contribution in [1.82, 2.24) is 5.32 Å². The maximum absolute atomic E-state index is 12.7. The van der Waals surface area contributed by atoms with E-state index in [1.165, 1.54) is 128 Å². The number of nitrogens with zero attached hydrogens (tertiary/aromatic N) is 1. The van der Waals surface area contributed by atoms with E-state index in [0.717, 1.165) is 44.9 Å². The van der Waals surface area contributed by atoms with Gasteiger partial charge in [-0.05, 0) is 44.9 Å². The molecule has 3 N–H and O–H groups in total. The number of carbonyl (C=O) groups is 1. The number of phosphoric ester groups is 1. The highest BCUT2D eigenvalue weighted by Gasteiger charge is 2.27. The second-order valence-corrected chi connectivity index (χ2v) is 17.9. The number of quaternary nitrogens is 1. The maximum atomic E-state index is 12.7. The molecule has 0 aliphatic rings. The summed E-state index contributed by atoms with van der Waals surface area (Å²) >= 11 is 0. The van der Waals surface area contributed by atoms with Crippen LogP contribution in [0.3, 0.4) is 0 Å². The van der Waals surface area contributed by atoms with Crippen LogP contribution < -0.4 is 5.32 Å². The fraction of sp³-hybridized carbons (Fsp3) is 0.844. The molecule has 0 aromatic carbocycles. The summed E-state index contributed by atoms with van der Waals surface area (Å²) in [6.07, 6.45) is 45.5. The molecule has 9 heteroatoms. The molecule has 0 radical (unpaired) electrons. The van der Waals surface area contributed by atoms with Crippen molar-refractivity contribution in [2.24, 2.45) is 0 Å². The highest BCUT2D eigenvalue weighted by atomic mass is 31.2.